The molecule has 3 aromatic carbocycles. The number of benzene rings is 3. The summed E-state index contributed by atoms with van der Waals surface area (Å²) >= 11 is 7.86. The third kappa shape index (κ3) is 12.8. The topological polar surface area (TPSA) is 208 Å². The van der Waals surface area contributed by atoms with Crippen LogP contribution in [0.4, 0.5) is 5.69 Å². The van der Waals surface area contributed by atoms with E-state index >= 15 is 0 Å². The van der Waals surface area contributed by atoms with Crippen LogP contribution in [0.25, 0.3) is 0 Å². The molecule has 1 aliphatic rings. The lowest BCUT2D eigenvalue weighted by molar-refractivity contribution is -0.159. The van der Waals surface area contributed by atoms with Gasteiger partial charge in [0, 0.05) is 36.5 Å². The van der Waals surface area contributed by atoms with Crippen LogP contribution < -0.4 is 9.64 Å². The maximum Gasteiger partial charge on any atom is 0.414 e. The van der Waals surface area contributed by atoms with Gasteiger partial charge in [-0.15, -0.1) is 11.8 Å². The summed E-state index contributed by atoms with van der Waals surface area (Å²) in [5.74, 6) is -7.34. The Balaban J connectivity index is 0.000000594. The van der Waals surface area contributed by atoms with E-state index < -0.39 is 41.2 Å². The number of thioether (sulfide) groups is 1. The number of hydrogen-bond acceptors (Lipinski definition) is 10. The van der Waals surface area contributed by atoms with Crippen LogP contribution in [-0.2, 0) is 40.0 Å². The van der Waals surface area contributed by atoms with Crippen LogP contribution in [0.2, 0.25) is 5.02 Å². The molecule has 1 heterocycles. The molecule has 2 atom stereocenters. The van der Waals surface area contributed by atoms with Crippen molar-refractivity contribution >= 4 is 64.8 Å². The largest absolute Gasteiger partial charge is 0.497 e. The van der Waals surface area contributed by atoms with Crippen molar-refractivity contribution in [2.24, 2.45) is 0 Å². The van der Waals surface area contributed by atoms with Crippen molar-refractivity contribution in [2.45, 2.75) is 36.6 Å². The van der Waals surface area contributed by atoms with Crippen LogP contribution in [0.15, 0.2) is 77.7 Å². The number of carboxylic acid groups (broad SMARTS) is 4. The molecule has 4 N–H and O–H groups in total. The molecule has 14 nitrogen and oxygen atoms in total. The van der Waals surface area contributed by atoms with Crippen LogP contribution in [-0.4, -0.2) is 93.9 Å². The van der Waals surface area contributed by atoms with Crippen LogP contribution in [0.3, 0.4) is 0 Å². The van der Waals surface area contributed by atoms with Crippen molar-refractivity contribution in [3.05, 3.63) is 88.9 Å². The fourth-order valence-electron chi connectivity index (χ4n) is 4.40. The summed E-state index contributed by atoms with van der Waals surface area (Å²) in [6.45, 7) is 6.16. The molecule has 0 saturated heterocycles. The van der Waals surface area contributed by atoms with E-state index in [1.807, 2.05) is 54.6 Å². The van der Waals surface area contributed by atoms with E-state index in [4.69, 9.17) is 60.7 Å². The number of halogens is 1. The molecule has 0 spiro atoms. The fraction of sp³-hybridized carbons (Fsp3) is 0.273. The van der Waals surface area contributed by atoms with Gasteiger partial charge in [0.05, 0.1) is 18.0 Å². The summed E-state index contributed by atoms with van der Waals surface area (Å²) in [4.78, 5) is 67.5. The summed E-state index contributed by atoms with van der Waals surface area (Å²) in [7, 11) is 1.61. The lowest BCUT2D eigenvalue weighted by Gasteiger charge is -2.30. The Morgan fingerprint density at radius 1 is 0.878 bits per heavy atom. The standard InChI is InChI=1S/C29H31ClN2O4S.2C2H2O4/c1-4-31(19-21-8-6-5-7-9-21)16-17-32-25-15-12-23(30)18-26(25)37-28(27(29(32)34)36-20(2)33)22-10-13-24(35-3)14-11-22;2*3-1(4)2(5)6/h5-15,18,27-28H,4,16-17,19H2,1-3H3;2*(H,3,4)(H,5,6)/t27-,28+;;/m0../s1. The van der Waals surface area contributed by atoms with E-state index in [-0.39, 0.29) is 5.91 Å². The molecule has 0 unspecified atom stereocenters. The SMILES string of the molecule is CCN(CCN1C(=O)[C@@H](OC(C)=O)[C@@H](c2ccc(OC)cc2)Sc2cc(Cl)ccc21)Cc1ccccc1.O=C(O)C(=O)O.O=C(O)C(=O)O. The first-order valence-corrected chi connectivity index (χ1v) is 15.7. The maximum atomic E-state index is 14.1. The summed E-state index contributed by atoms with van der Waals surface area (Å²) in [6, 6.07) is 23.3. The Kier molecular flexibility index (Phi) is 16.1. The molecule has 0 aromatic heterocycles. The monoisotopic (exact) mass is 718 g/mol. The van der Waals surface area contributed by atoms with Gasteiger partial charge in [-0.2, -0.15) is 0 Å². The van der Waals surface area contributed by atoms with Gasteiger partial charge in [-0.25, -0.2) is 19.2 Å². The first kappa shape index (κ1) is 40.1. The van der Waals surface area contributed by atoms with Crippen LogP contribution >= 0.6 is 23.4 Å². The normalized spacial score (nSPS) is 14.9. The third-order valence-electron chi connectivity index (χ3n) is 6.69. The van der Waals surface area contributed by atoms with E-state index in [0.29, 0.717) is 23.9 Å². The van der Waals surface area contributed by atoms with Gasteiger partial charge in [0.2, 0.25) is 0 Å². The zero-order chi connectivity index (χ0) is 36.7. The molecule has 0 bridgehead atoms. The first-order valence-electron chi connectivity index (χ1n) is 14.5. The molecule has 1 aliphatic heterocycles. The van der Waals surface area contributed by atoms with Crippen molar-refractivity contribution in [1.29, 1.82) is 0 Å². The van der Waals surface area contributed by atoms with E-state index in [0.717, 1.165) is 29.2 Å². The number of rotatable bonds is 9. The number of carbonyl (C=O) groups excluding carboxylic acids is 2. The quantitative estimate of drug-likeness (QED) is 0.180. The minimum atomic E-state index is -1.82. The van der Waals surface area contributed by atoms with Crippen LogP contribution in [0.5, 0.6) is 5.75 Å². The molecule has 49 heavy (non-hydrogen) atoms. The molecule has 0 saturated carbocycles. The fourth-order valence-corrected chi connectivity index (χ4v) is 5.99. The molecule has 0 radical (unpaired) electrons. The zero-order valence-electron chi connectivity index (χ0n) is 26.6. The van der Waals surface area contributed by atoms with Gasteiger partial charge < -0.3 is 34.8 Å². The van der Waals surface area contributed by atoms with Crippen molar-refractivity contribution in [3.63, 3.8) is 0 Å². The number of amides is 1. The molecule has 0 aliphatic carbocycles. The number of nitrogens with zero attached hydrogens (tertiary/aromatic N) is 2. The van der Waals surface area contributed by atoms with Gasteiger partial charge in [-0.05, 0) is 48.0 Å². The molecule has 1 amide bonds. The maximum absolute atomic E-state index is 14.1. The number of ether oxygens (including phenoxy) is 2. The Morgan fingerprint density at radius 2 is 1.45 bits per heavy atom. The number of hydrogen-bond donors (Lipinski definition) is 4. The molecule has 0 fully saturated rings. The summed E-state index contributed by atoms with van der Waals surface area (Å²) in [5, 5.41) is 29.7. The molecule has 4 rings (SSSR count). The van der Waals surface area contributed by atoms with Crippen LogP contribution in [0.1, 0.15) is 30.2 Å². The number of carboxylic acids is 4. The summed E-state index contributed by atoms with van der Waals surface area (Å²) in [6.07, 6.45) is -0.994. The minimum absolute atomic E-state index is 0.250. The second kappa shape index (κ2) is 19.6. The highest BCUT2D eigenvalue weighted by atomic mass is 35.5. The van der Waals surface area contributed by atoms with Gasteiger partial charge >= 0.3 is 29.8 Å². The average molecular weight is 719 g/mol. The number of aliphatic carboxylic acids is 4. The van der Waals surface area contributed by atoms with Crippen molar-refractivity contribution in [2.75, 3.05) is 31.6 Å². The molecular weight excluding hydrogens is 684 g/mol. The molecule has 16 heteroatoms. The summed E-state index contributed by atoms with van der Waals surface area (Å²) < 4.78 is 11.0. The average Bonchev–Trinajstić information content (AvgIpc) is 3.17. The van der Waals surface area contributed by atoms with E-state index in [1.54, 1.807) is 18.1 Å². The van der Waals surface area contributed by atoms with Crippen LogP contribution in [0, 0.1) is 0 Å². The highest BCUT2D eigenvalue weighted by Gasteiger charge is 2.41. The Labute approximate surface area is 290 Å². The van der Waals surface area contributed by atoms with E-state index in [9.17, 15) is 9.59 Å². The number of anilines is 1. The smallest absolute Gasteiger partial charge is 0.414 e. The van der Waals surface area contributed by atoms with Crippen molar-refractivity contribution in [1.82, 2.24) is 4.90 Å². The summed E-state index contributed by atoms with van der Waals surface area (Å²) in [5.41, 5.74) is 2.84. The van der Waals surface area contributed by atoms with Gasteiger partial charge in [0.1, 0.15) is 5.75 Å². The van der Waals surface area contributed by atoms with E-state index in [1.165, 1.54) is 24.2 Å². The lowest BCUT2D eigenvalue weighted by atomic mass is 10.1. The zero-order valence-corrected chi connectivity index (χ0v) is 28.2. The Morgan fingerprint density at radius 3 is 1.94 bits per heavy atom. The van der Waals surface area contributed by atoms with Gasteiger partial charge in [0.25, 0.3) is 5.91 Å². The number of likely N-dealkylation sites (N-methyl/N-ethyl adjacent to an activating group) is 1. The molecule has 262 valence electrons. The van der Waals surface area contributed by atoms with Gasteiger partial charge in [0.15, 0.2) is 6.10 Å². The van der Waals surface area contributed by atoms with Crippen molar-refractivity contribution in [3.8, 4) is 5.75 Å². The Hall–Kier alpha value is -5.12. The van der Waals surface area contributed by atoms with Crippen molar-refractivity contribution < 1.29 is 58.7 Å². The molecular formula is C33H35ClN2O12S. The van der Waals surface area contributed by atoms with Gasteiger partial charge in [-0.1, -0.05) is 61.0 Å². The lowest BCUT2D eigenvalue weighted by Crippen LogP contribution is -2.45. The second-order valence-electron chi connectivity index (χ2n) is 10.0. The Bertz CT molecular complexity index is 1570. The highest BCUT2D eigenvalue weighted by molar-refractivity contribution is 7.99. The number of esters is 1. The number of carbonyl (C=O) groups is 6. The van der Waals surface area contributed by atoms with Gasteiger partial charge in [-0.3, -0.25) is 14.5 Å². The highest BCUT2D eigenvalue weighted by Crippen LogP contribution is 2.47. The third-order valence-corrected chi connectivity index (χ3v) is 8.28. The number of fused-ring (bicyclic) bond motifs is 1. The first-order chi connectivity index (χ1) is 23.2. The predicted molar refractivity (Wildman–Crippen MR) is 179 cm³/mol. The predicted octanol–water partition coefficient (Wildman–Crippen LogP) is 4.29. The van der Waals surface area contributed by atoms with E-state index in [2.05, 4.69) is 24.0 Å². The minimum Gasteiger partial charge on any atom is -0.497 e. The molecule has 3 aromatic rings. The second-order valence-corrected chi connectivity index (χ2v) is 11.6. The number of methoxy groups -OCH3 is 1.